The SMILES string of the molecule is COc1ccc(C)cc1NC(=O)NNS(=O)(=O)c1ccc(C)cc1. The average Bonchev–Trinajstić information content (AvgIpc) is 2.54. The van der Waals surface area contributed by atoms with E-state index in [-0.39, 0.29) is 4.90 Å². The van der Waals surface area contributed by atoms with Crippen LogP contribution >= 0.6 is 0 Å². The zero-order valence-electron chi connectivity index (χ0n) is 13.6. The number of aryl methyl sites for hydroxylation is 2. The van der Waals surface area contributed by atoms with E-state index in [0.717, 1.165) is 11.1 Å². The highest BCUT2D eigenvalue weighted by Gasteiger charge is 2.15. The van der Waals surface area contributed by atoms with Crippen LogP contribution < -0.4 is 20.3 Å². The van der Waals surface area contributed by atoms with Gasteiger partial charge >= 0.3 is 6.03 Å². The van der Waals surface area contributed by atoms with E-state index in [0.29, 0.717) is 11.4 Å². The fourth-order valence-electron chi connectivity index (χ4n) is 1.96. The first-order valence-electron chi connectivity index (χ1n) is 7.12. The van der Waals surface area contributed by atoms with Gasteiger partial charge < -0.3 is 10.1 Å². The molecule has 3 N–H and O–H groups in total. The lowest BCUT2D eigenvalue weighted by molar-refractivity contribution is 0.250. The molecule has 0 atom stereocenters. The van der Waals surface area contributed by atoms with Crippen LogP contribution in [0.4, 0.5) is 10.5 Å². The molecule has 24 heavy (non-hydrogen) atoms. The summed E-state index contributed by atoms with van der Waals surface area (Å²) in [5.74, 6) is 0.470. The van der Waals surface area contributed by atoms with Gasteiger partial charge in [0.15, 0.2) is 0 Å². The van der Waals surface area contributed by atoms with Crippen LogP contribution in [-0.2, 0) is 10.0 Å². The van der Waals surface area contributed by atoms with Crippen LogP contribution in [0, 0.1) is 13.8 Å². The fraction of sp³-hybridized carbons (Fsp3) is 0.188. The Bertz CT molecular complexity index is 833. The molecule has 0 aliphatic rings. The van der Waals surface area contributed by atoms with Gasteiger partial charge in [0.05, 0.1) is 17.7 Å². The number of carbonyl (C=O) groups is 1. The molecular formula is C16H19N3O4S. The molecule has 0 radical (unpaired) electrons. The number of urea groups is 1. The standard InChI is InChI=1S/C16H19N3O4S/c1-11-4-7-13(8-5-11)24(21,22)19-18-16(20)17-14-10-12(2)6-9-15(14)23-3/h4-10,19H,1-3H3,(H2,17,18,20). The number of carbonyl (C=O) groups excluding carboxylic acids is 1. The molecule has 0 aromatic heterocycles. The van der Waals surface area contributed by atoms with E-state index in [9.17, 15) is 13.2 Å². The van der Waals surface area contributed by atoms with Crippen molar-refractivity contribution in [3.8, 4) is 5.75 Å². The third kappa shape index (κ3) is 4.46. The Hall–Kier alpha value is -2.58. The van der Waals surface area contributed by atoms with Crippen LogP contribution in [0.3, 0.4) is 0 Å². The third-order valence-corrected chi connectivity index (χ3v) is 4.50. The van der Waals surface area contributed by atoms with Gasteiger partial charge in [-0.2, -0.15) is 0 Å². The Morgan fingerprint density at radius 3 is 2.25 bits per heavy atom. The quantitative estimate of drug-likeness (QED) is 0.722. The van der Waals surface area contributed by atoms with Gasteiger partial charge in [-0.05, 0) is 43.7 Å². The summed E-state index contributed by atoms with van der Waals surface area (Å²) in [5, 5.41) is 2.53. The molecular weight excluding hydrogens is 330 g/mol. The van der Waals surface area contributed by atoms with E-state index in [1.54, 1.807) is 24.3 Å². The van der Waals surface area contributed by atoms with Gasteiger partial charge in [0.1, 0.15) is 5.75 Å². The summed E-state index contributed by atoms with van der Waals surface area (Å²) in [5.41, 5.74) is 4.41. The molecule has 0 unspecified atom stereocenters. The van der Waals surface area contributed by atoms with Gasteiger partial charge in [-0.3, -0.25) is 5.43 Å². The highest BCUT2D eigenvalue weighted by Crippen LogP contribution is 2.24. The predicted octanol–water partition coefficient (Wildman–Crippen LogP) is 2.33. The highest BCUT2D eigenvalue weighted by molar-refractivity contribution is 7.89. The van der Waals surface area contributed by atoms with Gasteiger partial charge in [-0.25, -0.2) is 13.2 Å². The van der Waals surface area contributed by atoms with E-state index >= 15 is 0 Å². The van der Waals surface area contributed by atoms with Gasteiger partial charge in [-0.15, -0.1) is 4.83 Å². The Labute approximate surface area is 141 Å². The Balaban J connectivity index is 2.03. The molecule has 0 saturated carbocycles. The Morgan fingerprint density at radius 1 is 1.00 bits per heavy atom. The van der Waals surface area contributed by atoms with Crippen LogP contribution in [-0.4, -0.2) is 21.6 Å². The van der Waals surface area contributed by atoms with Crippen molar-refractivity contribution >= 4 is 21.7 Å². The van der Waals surface area contributed by atoms with E-state index in [1.807, 2.05) is 24.7 Å². The second-order valence-electron chi connectivity index (χ2n) is 5.20. The first-order valence-corrected chi connectivity index (χ1v) is 8.60. The normalized spacial score (nSPS) is 11.0. The van der Waals surface area contributed by atoms with Crippen molar-refractivity contribution in [3.05, 3.63) is 53.6 Å². The monoisotopic (exact) mass is 349 g/mol. The van der Waals surface area contributed by atoms with E-state index < -0.39 is 16.1 Å². The molecule has 2 aromatic carbocycles. The summed E-state index contributed by atoms with van der Waals surface area (Å²) in [4.78, 5) is 14.0. The second kappa shape index (κ2) is 7.33. The number of hydrazine groups is 1. The molecule has 128 valence electrons. The number of anilines is 1. The van der Waals surface area contributed by atoms with Crippen LogP contribution in [0.1, 0.15) is 11.1 Å². The van der Waals surface area contributed by atoms with Crippen molar-refractivity contribution in [1.82, 2.24) is 10.3 Å². The van der Waals surface area contributed by atoms with Crippen LogP contribution in [0.25, 0.3) is 0 Å². The Kier molecular flexibility index (Phi) is 5.42. The summed E-state index contributed by atoms with van der Waals surface area (Å²) in [6, 6.07) is 10.8. The van der Waals surface area contributed by atoms with Crippen LogP contribution in [0.5, 0.6) is 5.75 Å². The maximum atomic E-state index is 12.1. The number of rotatable bonds is 5. The molecule has 0 heterocycles. The minimum atomic E-state index is -3.84. The minimum Gasteiger partial charge on any atom is -0.495 e. The number of benzene rings is 2. The van der Waals surface area contributed by atoms with E-state index in [1.165, 1.54) is 19.2 Å². The largest absolute Gasteiger partial charge is 0.495 e. The van der Waals surface area contributed by atoms with Gasteiger partial charge in [0.25, 0.3) is 10.0 Å². The molecule has 8 heteroatoms. The lowest BCUT2D eigenvalue weighted by Gasteiger charge is -2.12. The number of ether oxygens (including phenoxy) is 1. The number of nitrogens with one attached hydrogen (secondary N) is 3. The number of hydrogen-bond donors (Lipinski definition) is 3. The summed E-state index contributed by atoms with van der Waals surface area (Å²) < 4.78 is 29.3. The van der Waals surface area contributed by atoms with Crippen molar-refractivity contribution in [1.29, 1.82) is 0 Å². The summed E-state index contributed by atoms with van der Waals surface area (Å²) in [6.07, 6.45) is 0. The van der Waals surface area contributed by atoms with Gasteiger partial charge in [0, 0.05) is 0 Å². The number of methoxy groups -OCH3 is 1. The Morgan fingerprint density at radius 2 is 1.62 bits per heavy atom. The van der Waals surface area contributed by atoms with Crippen LogP contribution in [0.15, 0.2) is 47.4 Å². The van der Waals surface area contributed by atoms with Crippen LogP contribution in [0.2, 0.25) is 0 Å². The predicted molar refractivity (Wildman–Crippen MR) is 91.4 cm³/mol. The number of hydrogen-bond acceptors (Lipinski definition) is 4. The average molecular weight is 349 g/mol. The molecule has 0 fully saturated rings. The summed E-state index contributed by atoms with van der Waals surface area (Å²) in [6.45, 7) is 3.72. The molecule has 7 nitrogen and oxygen atoms in total. The first kappa shape index (κ1) is 17.8. The minimum absolute atomic E-state index is 0.0570. The van der Waals surface area contributed by atoms with Crippen molar-refractivity contribution < 1.29 is 17.9 Å². The molecule has 0 bridgehead atoms. The summed E-state index contributed by atoms with van der Waals surface area (Å²) in [7, 11) is -2.36. The third-order valence-electron chi connectivity index (χ3n) is 3.23. The van der Waals surface area contributed by atoms with Crippen molar-refractivity contribution in [3.63, 3.8) is 0 Å². The molecule has 0 aliphatic carbocycles. The zero-order chi connectivity index (χ0) is 17.7. The second-order valence-corrected chi connectivity index (χ2v) is 6.88. The first-order chi connectivity index (χ1) is 11.3. The molecule has 0 saturated heterocycles. The smallest absolute Gasteiger partial charge is 0.334 e. The van der Waals surface area contributed by atoms with Gasteiger partial charge in [-0.1, -0.05) is 23.8 Å². The van der Waals surface area contributed by atoms with Crippen molar-refractivity contribution in [2.45, 2.75) is 18.7 Å². The lowest BCUT2D eigenvalue weighted by atomic mass is 10.2. The van der Waals surface area contributed by atoms with Gasteiger partial charge in [0.2, 0.25) is 0 Å². The molecule has 0 aliphatic heterocycles. The lowest BCUT2D eigenvalue weighted by Crippen LogP contribution is -2.43. The molecule has 2 aromatic rings. The zero-order valence-corrected chi connectivity index (χ0v) is 14.4. The van der Waals surface area contributed by atoms with Crippen molar-refractivity contribution in [2.24, 2.45) is 0 Å². The maximum Gasteiger partial charge on any atom is 0.334 e. The van der Waals surface area contributed by atoms with E-state index in [4.69, 9.17) is 4.74 Å². The molecule has 2 amide bonds. The number of sulfonamides is 1. The fourth-order valence-corrected chi connectivity index (χ4v) is 2.80. The van der Waals surface area contributed by atoms with E-state index in [2.05, 4.69) is 10.7 Å². The topological polar surface area (TPSA) is 96.5 Å². The molecule has 0 spiro atoms. The summed E-state index contributed by atoms with van der Waals surface area (Å²) >= 11 is 0. The molecule has 2 rings (SSSR count). The number of amides is 2. The van der Waals surface area contributed by atoms with Crippen molar-refractivity contribution in [2.75, 3.05) is 12.4 Å². The highest BCUT2D eigenvalue weighted by atomic mass is 32.2. The maximum absolute atomic E-state index is 12.1.